The standard InChI is InChI=1S/C23H29FO/c1-3-15-4-5-17-13-18(7-6-16(17)12-15)19-8-10-21-20(14-19)9-11-22(25-2)23(21)24/h8-11,14-18H,3-7,12-13H2,1-2H3. The van der Waals surface area contributed by atoms with Crippen molar-refractivity contribution in [1.82, 2.24) is 0 Å². The van der Waals surface area contributed by atoms with Gasteiger partial charge in [0.15, 0.2) is 11.6 Å². The molecule has 2 aliphatic carbocycles. The molecule has 4 atom stereocenters. The normalized spacial score (nSPS) is 29.4. The Bertz CT molecular complexity index is 753. The first-order valence-electron chi connectivity index (χ1n) is 9.95. The van der Waals surface area contributed by atoms with Gasteiger partial charge in [-0.2, -0.15) is 0 Å². The first-order chi connectivity index (χ1) is 12.2. The lowest BCUT2D eigenvalue weighted by molar-refractivity contribution is 0.116. The molecule has 2 heteroatoms. The van der Waals surface area contributed by atoms with Gasteiger partial charge in [-0.25, -0.2) is 4.39 Å². The molecule has 0 N–H and O–H groups in total. The number of benzene rings is 2. The Morgan fingerprint density at radius 3 is 2.60 bits per heavy atom. The number of halogens is 1. The largest absolute Gasteiger partial charge is 0.494 e. The summed E-state index contributed by atoms with van der Waals surface area (Å²) in [5.74, 6) is 3.56. The minimum atomic E-state index is -0.242. The minimum absolute atomic E-state index is 0.242. The van der Waals surface area contributed by atoms with Crippen molar-refractivity contribution in [3.05, 3.63) is 41.7 Å². The number of rotatable bonds is 3. The van der Waals surface area contributed by atoms with Crippen molar-refractivity contribution in [2.45, 2.75) is 57.8 Å². The molecule has 4 unspecified atom stereocenters. The molecule has 4 rings (SSSR count). The van der Waals surface area contributed by atoms with E-state index < -0.39 is 0 Å². The molecule has 0 aliphatic heterocycles. The van der Waals surface area contributed by atoms with Crippen molar-refractivity contribution in [1.29, 1.82) is 0 Å². The second kappa shape index (κ2) is 6.97. The van der Waals surface area contributed by atoms with Gasteiger partial charge in [0.1, 0.15) is 0 Å². The fourth-order valence-corrected chi connectivity index (χ4v) is 5.36. The third-order valence-electron chi connectivity index (χ3n) is 6.93. The van der Waals surface area contributed by atoms with Gasteiger partial charge in [-0.05, 0) is 72.8 Å². The lowest BCUT2D eigenvalue weighted by Crippen LogP contribution is -2.30. The number of ether oxygens (including phenoxy) is 1. The monoisotopic (exact) mass is 340 g/mol. The summed E-state index contributed by atoms with van der Waals surface area (Å²) < 4.78 is 19.5. The Kier molecular flexibility index (Phi) is 4.71. The van der Waals surface area contributed by atoms with E-state index in [0.717, 1.165) is 23.1 Å². The number of methoxy groups -OCH3 is 1. The van der Waals surface area contributed by atoms with E-state index in [2.05, 4.69) is 19.1 Å². The molecule has 134 valence electrons. The lowest BCUT2D eigenvalue weighted by Gasteiger charge is -2.42. The summed E-state index contributed by atoms with van der Waals surface area (Å²) >= 11 is 0. The van der Waals surface area contributed by atoms with Crippen LogP contribution >= 0.6 is 0 Å². The fraction of sp³-hybridized carbons (Fsp3) is 0.565. The van der Waals surface area contributed by atoms with Crippen LogP contribution in [0.25, 0.3) is 10.8 Å². The summed E-state index contributed by atoms with van der Waals surface area (Å²) in [6.45, 7) is 2.35. The van der Waals surface area contributed by atoms with Gasteiger partial charge in [-0.15, -0.1) is 0 Å². The summed E-state index contributed by atoms with van der Waals surface area (Å²) in [4.78, 5) is 0. The number of fused-ring (bicyclic) bond motifs is 2. The molecule has 2 aromatic rings. The lowest BCUT2D eigenvalue weighted by atomic mass is 9.63. The molecule has 0 amide bonds. The molecule has 0 saturated heterocycles. The molecule has 0 aromatic heterocycles. The summed E-state index contributed by atoms with van der Waals surface area (Å²) in [6.07, 6.45) is 9.64. The van der Waals surface area contributed by atoms with Gasteiger partial charge in [0.05, 0.1) is 7.11 Å². The zero-order chi connectivity index (χ0) is 17.4. The zero-order valence-electron chi connectivity index (χ0n) is 15.4. The third kappa shape index (κ3) is 3.16. The minimum Gasteiger partial charge on any atom is -0.494 e. The van der Waals surface area contributed by atoms with E-state index >= 15 is 0 Å². The van der Waals surface area contributed by atoms with E-state index in [1.165, 1.54) is 57.6 Å². The van der Waals surface area contributed by atoms with E-state index in [1.54, 1.807) is 6.07 Å². The Morgan fingerprint density at radius 1 is 1.00 bits per heavy atom. The third-order valence-corrected chi connectivity index (χ3v) is 6.93. The second-order valence-electron chi connectivity index (χ2n) is 8.18. The molecule has 2 fully saturated rings. The molecule has 25 heavy (non-hydrogen) atoms. The first-order valence-corrected chi connectivity index (χ1v) is 9.95. The van der Waals surface area contributed by atoms with E-state index in [0.29, 0.717) is 17.1 Å². The van der Waals surface area contributed by atoms with Crippen molar-refractivity contribution in [2.75, 3.05) is 7.11 Å². The van der Waals surface area contributed by atoms with Crippen LogP contribution in [0.5, 0.6) is 5.75 Å². The van der Waals surface area contributed by atoms with E-state index in [1.807, 2.05) is 12.1 Å². The Hall–Kier alpha value is -1.57. The molecule has 2 saturated carbocycles. The van der Waals surface area contributed by atoms with Crippen LogP contribution in [0.4, 0.5) is 4.39 Å². The van der Waals surface area contributed by atoms with Crippen LogP contribution in [0.1, 0.15) is 63.4 Å². The van der Waals surface area contributed by atoms with Crippen molar-refractivity contribution in [3.8, 4) is 5.75 Å². The topological polar surface area (TPSA) is 9.23 Å². The maximum atomic E-state index is 14.4. The maximum Gasteiger partial charge on any atom is 0.172 e. The summed E-state index contributed by atoms with van der Waals surface area (Å²) in [5, 5.41) is 1.66. The van der Waals surface area contributed by atoms with Gasteiger partial charge < -0.3 is 4.74 Å². The molecule has 0 spiro atoms. The Balaban J connectivity index is 1.55. The van der Waals surface area contributed by atoms with Crippen molar-refractivity contribution in [3.63, 3.8) is 0 Å². The summed E-state index contributed by atoms with van der Waals surface area (Å²) in [7, 11) is 1.52. The van der Waals surface area contributed by atoms with Crippen LogP contribution in [0, 0.1) is 23.6 Å². The van der Waals surface area contributed by atoms with Crippen LogP contribution in [0.3, 0.4) is 0 Å². The quantitative estimate of drug-likeness (QED) is 0.604. The fourth-order valence-electron chi connectivity index (χ4n) is 5.36. The van der Waals surface area contributed by atoms with Gasteiger partial charge in [-0.3, -0.25) is 0 Å². The van der Waals surface area contributed by atoms with Gasteiger partial charge in [-0.1, -0.05) is 44.0 Å². The second-order valence-corrected chi connectivity index (χ2v) is 8.18. The highest BCUT2D eigenvalue weighted by molar-refractivity contribution is 5.85. The van der Waals surface area contributed by atoms with E-state index in [-0.39, 0.29) is 5.82 Å². The van der Waals surface area contributed by atoms with Crippen molar-refractivity contribution in [2.24, 2.45) is 17.8 Å². The summed E-state index contributed by atoms with van der Waals surface area (Å²) in [6, 6.07) is 10.0. The summed E-state index contributed by atoms with van der Waals surface area (Å²) in [5.41, 5.74) is 1.40. The molecule has 1 nitrogen and oxygen atoms in total. The van der Waals surface area contributed by atoms with Crippen molar-refractivity contribution < 1.29 is 9.13 Å². The number of hydrogen-bond donors (Lipinski definition) is 0. The van der Waals surface area contributed by atoms with Gasteiger partial charge in [0, 0.05) is 5.39 Å². The maximum absolute atomic E-state index is 14.4. The van der Waals surface area contributed by atoms with E-state index in [4.69, 9.17) is 4.74 Å². The zero-order valence-corrected chi connectivity index (χ0v) is 15.4. The van der Waals surface area contributed by atoms with E-state index in [9.17, 15) is 4.39 Å². The van der Waals surface area contributed by atoms with Crippen LogP contribution in [0.15, 0.2) is 30.3 Å². The predicted octanol–water partition coefficient (Wildman–Crippen LogP) is 6.70. The molecule has 0 heterocycles. The van der Waals surface area contributed by atoms with Crippen LogP contribution in [-0.2, 0) is 0 Å². The van der Waals surface area contributed by atoms with Crippen LogP contribution in [0.2, 0.25) is 0 Å². The van der Waals surface area contributed by atoms with Crippen LogP contribution in [-0.4, -0.2) is 7.11 Å². The molecular formula is C23H29FO. The molecule has 0 bridgehead atoms. The molecule has 0 radical (unpaired) electrons. The number of hydrogen-bond acceptors (Lipinski definition) is 1. The van der Waals surface area contributed by atoms with Gasteiger partial charge in [0.2, 0.25) is 0 Å². The first kappa shape index (κ1) is 16.9. The predicted molar refractivity (Wildman–Crippen MR) is 102 cm³/mol. The molecular weight excluding hydrogens is 311 g/mol. The highest BCUT2D eigenvalue weighted by Gasteiger charge is 2.35. The highest BCUT2D eigenvalue weighted by atomic mass is 19.1. The highest BCUT2D eigenvalue weighted by Crippen LogP contribution is 2.48. The Labute approximate surface area is 150 Å². The van der Waals surface area contributed by atoms with Gasteiger partial charge in [0.25, 0.3) is 0 Å². The average molecular weight is 340 g/mol. The van der Waals surface area contributed by atoms with Crippen LogP contribution < -0.4 is 4.74 Å². The SMILES string of the molecule is CCC1CCC2CC(c3ccc4c(F)c(OC)ccc4c3)CCC2C1. The smallest absolute Gasteiger partial charge is 0.172 e. The van der Waals surface area contributed by atoms with Crippen molar-refractivity contribution >= 4 is 10.8 Å². The average Bonchev–Trinajstić information content (AvgIpc) is 2.67. The van der Waals surface area contributed by atoms with Gasteiger partial charge >= 0.3 is 0 Å². The Morgan fingerprint density at radius 2 is 1.80 bits per heavy atom. The molecule has 2 aliphatic rings. The molecule has 2 aromatic carbocycles.